The number of benzene rings is 1. The van der Waals surface area contributed by atoms with Gasteiger partial charge in [-0.25, -0.2) is 0 Å². The van der Waals surface area contributed by atoms with Crippen molar-refractivity contribution >= 4 is 11.6 Å². The zero-order valence-corrected chi connectivity index (χ0v) is 12.2. The van der Waals surface area contributed by atoms with Gasteiger partial charge in [-0.1, -0.05) is 31.5 Å². The van der Waals surface area contributed by atoms with Gasteiger partial charge in [0.25, 0.3) is 0 Å². The molecule has 2 N–H and O–H groups in total. The summed E-state index contributed by atoms with van der Waals surface area (Å²) in [6.07, 6.45) is 3.97. The Balaban J connectivity index is 1.80. The van der Waals surface area contributed by atoms with Crippen LogP contribution in [-0.4, -0.2) is 31.7 Å². The van der Waals surface area contributed by atoms with Gasteiger partial charge in [-0.05, 0) is 30.9 Å². The van der Waals surface area contributed by atoms with Crippen LogP contribution in [0.5, 0.6) is 0 Å². The van der Waals surface area contributed by atoms with Crippen molar-refractivity contribution in [3.05, 3.63) is 29.8 Å². The third-order valence-electron chi connectivity index (χ3n) is 3.56. The SMILES string of the molecule is CCCc1ccccc1NCC(=O)NC1CCOCC1. The molecule has 20 heavy (non-hydrogen) atoms. The van der Waals surface area contributed by atoms with Gasteiger partial charge >= 0.3 is 0 Å². The molecule has 110 valence electrons. The second-order valence-electron chi connectivity index (χ2n) is 5.21. The molecule has 1 fully saturated rings. The molecule has 1 aliphatic rings. The van der Waals surface area contributed by atoms with E-state index in [0.29, 0.717) is 6.54 Å². The molecule has 0 bridgehead atoms. The second-order valence-corrected chi connectivity index (χ2v) is 5.21. The third-order valence-corrected chi connectivity index (χ3v) is 3.56. The van der Waals surface area contributed by atoms with Crippen molar-refractivity contribution in [1.82, 2.24) is 5.32 Å². The van der Waals surface area contributed by atoms with Gasteiger partial charge in [0.15, 0.2) is 0 Å². The fourth-order valence-electron chi connectivity index (χ4n) is 2.48. The molecule has 0 saturated carbocycles. The fraction of sp³-hybridized carbons (Fsp3) is 0.562. The van der Waals surface area contributed by atoms with E-state index in [1.165, 1.54) is 5.56 Å². The van der Waals surface area contributed by atoms with E-state index in [2.05, 4.69) is 23.6 Å². The Bertz CT molecular complexity index is 428. The molecule has 1 aromatic rings. The van der Waals surface area contributed by atoms with Crippen molar-refractivity contribution in [3.8, 4) is 0 Å². The Morgan fingerprint density at radius 1 is 1.30 bits per heavy atom. The molecular formula is C16H24N2O2. The molecule has 0 aromatic heterocycles. The van der Waals surface area contributed by atoms with Gasteiger partial charge in [-0.15, -0.1) is 0 Å². The molecule has 1 aromatic carbocycles. The van der Waals surface area contributed by atoms with E-state index < -0.39 is 0 Å². The molecule has 1 aliphatic heterocycles. The van der Waals surface area contributed by atoms with Crippen LogP contribution in [-0.2, 0) is 16.0 Å². The molecule has 1 amide bonds. The Morgan fingerprint density at radius 2 is 2.05 bits per heavy atom. The van der Waals surface area contributed by atoms with Gasteiger partial charge < -0.3 is 15.4 Å². The highest BCUT2D eigenvalue weighted by atomic mass is 16.5. The van der Waals surface area contributed by atoms with E-state index in [0.717, 1.165) is 44.6 Å². The minimum absolute atomic E-state index is 0.0585. The standard InChI is InChI=1S/C16H24N2O2/c1-2-5-13-6-3-4-7-15(13)17-12-16(19)18-14-8-10-20-11-9-14/h3-4,6-7,14,17H,2,5,8-12H2,1H3,(H,18,19). The maximum Gasteiger partial charge on any atom is 0.239 e. The van der Waals surface area contributed by atoms with Crippen LogP contribution in [0.1, 0.15) is 31.7 Å². The van der Waals surface area contributed by atoms with Gasteiger partial charge in [-0.2, -0.15) is 0 Å². The normalized spacial score (nSPS) is 15.8. The summed E-state index contributed by atoms with van der Waals surface area (Å²) in [6.45, 7) is 3.99. The quantitative estimate of drug-likeness (QED) is 0.838. The van der Waals surface area contributed by atoms with Crippen LogP contribution >= 0.6 is 0 Å². The number of aryl methyl sites for hydroxylation is 1. The lowest BCUT2D eigenvalue weighted by molar-refractivity contribution is -0.120. The molecule has 0 spiro atoms. The van der Waals surface area contributed by atoms with E-state index >= 15 is 0 Å². The summed E-state index contributed by atoms with van der Waals surface area (Å²) in [5, 5.41) is 6.30. The van der Waals surface area contributed by atoms with Gasteiger partial charge in [0.1, 0.15) is 0 Å². The van der Waals surface area contributed by atoms with Gasteiger partial charge in [0.2, 0.25) is 5.91 Å². The molecule has 0 radical (unpaired) electrons. The number of nitrogens with one attached hydrogen (secondary N) is 2. The van der Waals surface area contributed by atoms with Crippen molar-refractivity contribution in [2.75, 3.05) is 25.1 Å². The summed E-state index contributed by atoms with van der Waals surface area (Å²) in [5.74, 6) is 0.0585. The molecular weight excluding hydrogens is 252 g/mol. The molecule has 4 heteroatoms. The van der Waals surface area contributed by atoms with Crippen molar-refractivity contribution in [2.24, 2.45) is 0 Å². The topological polar surface area (TPSA) is 50.4 Å². The summed E-state index contributed by atoms with van der Waals surface area (Å²) in [6, 6.07) is 8.45. The highest BCUT2D eigenvalue weighted by Gasteiger charge is 2.15. The number of hydrogen-bond acceptors (Lipinski definition) is 3. The number of anilines is 1. The van der Waals surface area contributed by atoms with Crippen LogP contribution in [0, 0.1) is 0 Å². The first kappa shape index (κ1) is 14.9. The van der Waals surface area contributed by atoms with Gasteiger partial charge in [0.05, 0.1) is 6.54 Å². The number of para-hydroxylation sites is 1. The highest BCUT2D eigenvalue weighted by Crippen LogP contribution is 2.16. The average Bonchev–Trinajstić information content (AvgIpc) is 2.48. The van der Waals surface area contributed by atoms with E-state index in [-0.39, 0.29) is 11.9 Å². The Hall–Kier alpha value is -1.55. The molecule has 4 nitrogen and oxygen atoms in total. The van der Waals surface area contributed by atoms with Crippen molar-refractivity contribution < 1.29 is 9.53 Å². The Labute approximate surface area is 120 Å². The summed E-state index contributed by atoms with van der Waals surface area (Å²) in [7, 11) is 0. The Morgan fingerprint density at radius 3 is 2.80 bits per heavy atom. The zero-order chi connectivity index (χ0) is 14.2. The van der Waals surface area contributed by atoms with Crippen LogP contribution in [0.15, 0.2) is 24.3 Å². The van der Waals surface area contributed by atoms with Gasteiger partial charge in [-0.3, -0.25) is 4.79 Å². The lowest BCUT2D eigenvalue weighted by atomic mass is 10.1. The summed E-state index contributed by atoms with van der Waals surface area (Å²) >= 11 is 0. The van der Waals surface area contributed by atoms with Crippen molar-refractivity contribution in [1.29, 1.82) is 0 Å². The molecule has 1 heterocycles. The van der Waals surface area contributed by atoms with E-state index in [1.54, 1.807) is 0 Å². The first-order valence-corrected chi connectivity index (χ1v) is 7.48. The van der Waals surface area contributed by atoms with Crippen LogP contribution < -0.4 is 10.6 Å². The van der Waals surface area contributed by atoms with E-state index in [4.69, 9.17) is 4.74 Å². The number of hydrogen-bond donors (Lipinski definition) is 2. The van der Waals surface area contributed by atoms with Crippen LogP contribution in [0.3, 0.4) is 0 Å². The van der Waals surface area contributed by atoms with Crippen LogP contribution in [0.4, 0.5) is 5.69 Å². The lowest BCUT2D eigenvalue weighted by Crippen LogP contribution is -2.41. The molecule has 0 unspecified atom stereocenters. The minimum Gasteiger partial charge on any atom is -0.381 e. The largest absolute Gasteiger partial charge is 0.381 e. The first-order valence-electron chi connectivity index (χ1n) is 7.48. The van der Waals surface area contributed by atoms with E-state index in [9.17, 15) is 4.79 Å². The first-order chi connectivity index (χ1) is 9.79. The molecule has 1 saturated heterocycles. The smallest absolute Gasteiger partial charge is 0.239 e. The van der Waals surface area contributed by atoms with E-state index in [1.807, 2.05) is 18.2 Å². The molecule has 2 rings (SSSR count). The van der Waals surface area contributed by atoms with Crippen molar-refractivity contribution in [2.45, 2.75) is 38.6 Å². The minimum atomic E-state index is 0.0585. The predicted octanol–water partition coefficient (Wildman–Crippen LogP) is 2.35. The lowest BCUT2D eigenvalue weighted by Gasteiger charge is -2.23. The summed E-state index contributed by atoms with van der Waals surface area (Å²) in [5.41, 5.74) is 2.34. The number of rotatable bonds is 6. The monoisotopic (exact) mass is 276 g/mol. The Kier molecular flexibility index (Phi) is 5.87. The number of amides is 1. The van der Waals surface area contributed by atoms with Crippen molar-refractivity contribution in [3.63, 3.8) is 0 Å². The highest BCUT2D eigenvalue weighted by molar-refractivity contribution is 5.81. The zero-order valence-electron chi connectivity index (χ0n) is 12.2. The average molecular weight is 276 g/mol. The second kappa shape index (κ2) is 7.90. The third kappa shape index (κ3) is 4.53. The van der Waals surface area contributed by atoms with Crippen LogP contribution in [0.2, 0.25) is 0 Å². The fourth-order valence-corrected chi connectivity index (χ4v) is 2.48. The predicted molar refractivity (Wildman–Crippen MR) is 80.9 cm³/mol. The maximum absolute atomic E-state index is 11.9. The number of carbonyl (C=O) groups excluding carboxylic acids is 1. The molecule has 0 atom stereocenters. The van der Waals surface area contributed by atoms with Gasteiger partial charge in [0, 0.05) is 24.9 Å². The molecule has 0 aliphatic carbocycles. The summed E-state index contributed by atoms with van der Waals surface area (Å²) < 4.78 is 5.29. The maximum atomic E-state index is 11.9. The summed E-state index contributed by atoms with van der Waals surface area (Å²) in [4.78, 5) is 11.9. The van der Waals surface area contributed by atoms with Crippen LogP contribution in [0.25, 0.3) is 0 Å². The number of carbonyl (C=O) groups is 1. The number of ether oxygens (including phenoxy) is 1.